The molecule has 1 saturated heterocycles. The van der Waals surface area contributed by atoms with Crippen molar-refractivity contribution in [1.82, 2.24) is 0 Å². The summed E-state index contributed by atoms with van der Waals surface area (Å²) in [6, 6.07) is 12.7. The Hall–Kier alpha value is -2.95. The summed E-state index contributed by atoms with van der Waals surface area (Å²) in [4.78, 5) is 40.4. The lowest BCUT2D eigenvalue weighted by Crippen LogP contribution is -2.33. The number of hydrogen-bond acceptors (Lipinski definition) is 3. The first kappa shape index (κ1) is 19.4. The molecule has 0 spiro atoms. The molecule has 4 rings (SSSR count). The molecule has 1 saturated carbocycles. The van der Waals surface area contributed by atoms with Gasteiger partial charge in [-0.05, 0) is 74.4 Å². The Morgan fingerprint density at radius 3 is 2.34 bits per heavy atom. The SMILES string of the molecule is Cc1cc(C)cc(NC(=O)c2ccccc2N2C(=O)[C@H]3CC[C@@H](C)C[C@@H]3C2=O)c1. The van der Waals surface area contributed by atoms with Crippen molar-refractivity contribution in [3.05, 3.63) is 59.2 Å². The molecule has 150 valence electrons. The summed E-state index contributed by atoms with van der Waals surface area (Å²) in [5.74, 6) is -0.738. The molecule has 2 aromatic carbocycles. The van der Waals surface area contributed by atoms with Crippen molar-refractivity contribution in [3.8, 4) is 0 Å². The fourth-order valence-electron chi connectivity index (χ4n) is 4.73. The Balaban J connectivity index is 1.65. The Labute approximate surface area is 171 Å². The van der Waals surface area contributed by atoms with Crippen molar-refractivity contribution in [2.45, 2.75) is 40.0 Å². The molecule has 29 heavy (non-hydrogen) atoms. The number of benzene rings is 2. The second-order valence-corrected chi connectivity index (χ2v) is 8.49. The number of nitrogens with zero attached hydrogens (tertiary/aromatic N) is 1. The Morgan fingerprint density at radius 1 is 0.966 bits per heavy atom. The van der Waals surface area contributed by atoms with E-state index >= 15 is 0 Å². The maximum Gasteiger partial charge on any atom is 0.257 e. The van der Waals surface area contributed by atoms with E-state index in [9.17, 15) is 14.4 Å². The van der Waals surface area contributed by atoms with Gasteiger partial charge in [-0.1, -0.05) is 25.1 Å². The quantitative estimate of drug-likeness (QED) is 0.786. The van der Waals surface area contributed by atoms with Gasteiger partial charge in [0.25, 0.3) is 5.91 Å². The molecule has 1 aliphatic carbocycles. The minimum Gasteiger partial charge on any atom is -0.322 e. The largest absolute Gasteiger partial charge is 0.322 e. The molecule has 2 aromatic rings. The zero-order valence-electron chi connectivity index (χ0n) is 17.1. The van der Waals surface area contributed by atoms with Crippen molar-refractivity contribution in [2.24, 2.45) is 17.8 Å². The Bertz CT molecular complexity index is 977. The molecular weight excluding hydrogens is 364 g/mol. The van der Waals surface area contributed by atoms with Crippen LogP contribution in [-0.4, -0.2) is 17.7 Å². The number of para-hydroxylation sites is 1. The highest BCUT2D eigenvalue weighted by Gasteiger charge is 2.50. The number of fused-ring (bicyclic) bond motifs is 1. The van der Waals surface area contributed by atoms with Crippen molar-refractivity contribution in [2.75, 3.05) is 10.2 Å². The molecule has 1 aliphatic heterocycles. The van der Waals surface area contributed by atoms with Crippen LogP contribution >= 0.6 is 0 Å². The van der Waals surface area contributed by atoms with Crippen LogP contribution in [0.3, 0.4) is 0 Å². The molecule has 3 atom stereocenters. The van der Waals surface area contributed by atoms with E-state index in [-0.39, 0.29) is 29.6 Å². The number of imide groups is 1. The number of carbonyl (C=O) groups is 3. The van der Waals surface area contributed by atoms with Gasteiger partial charge in [0, 0.05) is 5.69 Å². The van der Waals surface area contributed by atoms with E-state index < -0.39 is 0 Å². The van der Waals surface area contributed by atoms with Crippen molar-refractivity contribution in [3.63, 3.8) is 0 Å². The van der Waals surface area contributed by atoms with Crippen LogP contribution in [0, 0.1) is 31.6 Å². The highest BCUT2D eigenvalue weighted by atomic mass is 16.2. The third-order valence-corrected chi connectivity index (χ3v) is 6.06. The highest BCUT2D eigenvalue weighted by molar-refractivity contribution is 6.24. The molecule has 5 heteroatoms. The fourth-order valence-corrected chi connectivity index (χ4v) is 4.73. The van der Waals surface area contributed by atoms with E-state index in [1.165, 1.54) is 4.90 Å². The molecule has 0 bridgehead atoms. The van der Waals surface area contributed by atoms with Gasteiger partial charge in [0.1, 0.15) is 0 Å². The van der Waals surface area contributed by atoms with Gasteiger partial charge < -0.3 is 5.32 Å². The van der Waals surface area contributed by atoms with Gasteiger partial charge in [-0.15, -0.1) is 0 Å². The van der Waals surface area contributed by atoms with Gasteiger partial charge in [0.15, 0.2) is 0 Å². The van der Waals surface area contributed by atoms with Crippen LogP contribution in [0.4, 0.5) is 11.4 Å². The van der Waals surface area contributed by atoms with Crippen LogP contribution in [0.5, 0.6) is 0 Å². The summed E-state index contributed by atoms with van der Waals surface area (Å²) in [5, 5.41) is 2.92. The summed E-state index contributed by atoms with van der Waals surface area (Å²) >= 11 is 0. The number of carbonyl (C=O) groups excluding carboxylic acids is 3. The number of amides is 3. The van der Waals surface area contributed by atoms with Gasteiger partial charge in [0.05, 0.1) is 23.1 Å². The predicted molar refractivity (Wildman–Crippen MR) is 113 cm³/mol. The number of rotatable bonds is 3. The van der Waals surface area contributed by atoms with E-state index in [0.29, 0.717) is 22.9 Å². The molecule has 0 unspecified atom stereocenters. The van der Waals surface area contributed by atoms with Crippen LogP contribution in [0.2, 0.25) is 0 Å². The van der Waals surface area contributed by atoms with Gasteiger partial charge in [-0.25, -0.2) is 4.90 Å². The average Bonchev–Trinajstić information content (AvgIpc) is 2.91. The van der Waals surface area contributed by atoms with Crippen LogP contribution in [0.25, 0.3) is 0 Å². The average molecular weight is 390 g/mol. The molecule has 0 radical (unpaired) electrons. The lowest BCUT2D eigenvalue weighted by molar-refractivity contribution is -0.122. The predicted octanol–water partition coefficient (Wildman–Crippen LogP) is 4.48. The molecule has 3 amide bonds. The van der Waals surface area contributed by atoms with Gasteiger partial charge in [-0.2, -0.15) is 0 Å². The van der Waals surface area contributed by atoms with Crippen molar-refractivity contribution < 1.29 is 14.4 Å². The summed E-state index contributed by atoms with van der Waals surface area (Å²) in [6.45, 7) is 6.07. The first-order valence-electron chi connectivity index (χ1n) is 10.2. The standard InChI is InChI=1S/C24H26N2O3/c1-14-8-9-18-20(13-14)24(29)26(23(18)28)21-7-5-4-6-19(21)22(27)25-17-11-15(2)10-16(3)12-17/h4-7,10-12,14,18,20H,8-9,13H2,1-3H3,(H,25,27)/t14-,18+,20+/m1/s1. The summed E-state index contributed by atoms with van der Waals surface area (Å²) in [7, 11) is 0. The van der Waals surface area contributed by atoms with Gasteiger partial charge in [0.2, 0.25) is 11.8 Å². The molecule has 5 nitrogen and oxygen atoms in total. The first-order chi connectivity index (χ1) is 13.8. The second kappa shape index (κ2) is 7.47. The molecule has 2 fully saturated rings. The maximum atomic E-state index is 13.1. The summed E-state index contributed by atoms with van der Waals surface area (Å²) < 4.78 is 0. The summed E-state index contributed by atoms with van der Waals surface area (Å²) in [6.07, 6.45) is 2.44. The maximum absolute atomic E-state index is 13.1. The van der Waals surface area contributed by atoms with Gasteiger partial charge >= 0.3 is 0 Å². The minimum atomic E-state index is -0.325. The number of aryl methyl sites for hydroxylation is 2. The lowest BCUT2D eigenvalue weighted by Gasteiger charge is -2.25. The molecule has 1 N–H and O–H groups in total. The number of anilines is 2. The minimum absolute atomic E-state index is 0.168. The van der Waals surface area contributed by atoms with Crippen LogP contribution in [-0.2, 0) is 9.59 Å². The lowest BCUT2D eigenvalue weighted by atomic mass is 9.76. The number of nitrogens with one attached hydrogen (secondary N) is 1. The van der Waals surface area contributed by atoms with E-state index in [1.807, 2.05) is 32.0 Å². The Kier molecular flexibility index (Phi) is 4.99. The van der Waals surface area contributed by atoms with Crippen LogP contribution < -0.4 is 10.2 Å². The van der Waals surface area contributed by atoms with Crippen LogP contribution in [0.1, 0.15) is 47.7 Å². The normalized spacial score (nSPS) is 23.8. The van der Waals surface area contributed by atoms with E-state index in [0.717, 1.165) is 30.4 Å². The van der Waals surface area contributed by atoms with Crippen molar-refractivity contribution in [1.29, 1.82) is 0 Å². The monoisotopic (exact) mass is 390 g/mol. The second-order valence-electron chi connectivity index (χ2n) is 8.49. The van der Waals surface area contributed by atoms with E-state index in [2.05, 4.69) is 12.2 Å². The fraction of sp³-hybridized carbons (Fsp3) is 0.375. The zero-order chi connectivity index (χ0) is 20.7. The molecule has 0 aromatic heterocycles. The topological polar surface area (TPSA) is 66.5 Å². The summed E-state index contributed by atoms with van der Waals surface area (Å²) in [5.41, 5.74) is 3.52. The van der Waals surface area contributed by atoms with Gasteiger partial charge in [-0.3, -0.25) is 14.4 Å². The smallest absolute Gasteiger partial charge is 0.257 e. The zero-order valence-corrected chi connectivity index (χ0v) is 17.1. The molecule has 1 heterocycles. The van der Waals surface area contributed by atoms with Crippen molar-refractivity contribution >= 4 is 29.1 Å². The highest BCUT2D eigenvalue weighted by Crippen LogP contribution is 2.42. The van der Waals surface area contributed by atoms with E-state index in [4.69, 9.17) is 0 Å². The Morgan fingerprint density at radius 2 is 1.62 bits per heavy atom. The first-order valence-corrected chi connectivity index (χ1v) is 10.2. The van der Waals surface area contributed by atoms with Crippen LogP contribution in [0.15, 0.2) is 42.5 Å². The third kappa shape index (κ3) is 3.57. The molecule has 2 aliphatic rings. The van der Waals surface area contributed by atoms with E-state index in [1.54, 1.807) is 24.3 Å². The number of hydrogen-bond donors (Lipinski definition) is 1. The third-order valence-electron chi connectivity index (χ3n) is 6.06. The molecular formula is C24H26N2O3.